The van der Waals surface area contributed by atoms with Gasteiger partial charge in [0.15, 0.2) is 5.82 Å². The summed E-state index contributed by atoms with van der Waals surface area (Å²) in [6.45, 7) is 4.79. The zero-order valence-electron chi connectivity index (χ0n) is 12.2. The van der Waals surface area contributed by atoms with Gasteiger partial charge in [0.05, 0.1) is 17.8 Å². The van der Waals surface area contributed by atoms with Gasteiger partial charge in [0.2, 0.25) is 0 Å². The number of thiocarbonyl (C=S) groups is 1. The molecule has 0 unspecified atom stereocenters. The van der Waals surface area contributed by atoms with Crippen molar-refractivity contribution in [3.63, 3.8) is 0 Å². The molecule has 0 aliphatic heterocycles. The van der Waals surface area contributed by atoms with Crippen LogP contribution in [0.1, 0.15) is 34.5 Å². The normalized spacial score (nSPS) is 14.2. The summed E-state index contributed by atoms with van der Waals surface area (Å²) in [6.07, 6.45) is 2.38. The summed E-state index contributed by atoms with van der Waals surface area (Å²) >= 11 is 7.02. The first-order valence-corrected chi connectivity index (χ1v) is 8.29. The van der Waals surface area contributed by atoms with E-state index in [1.54, 1.807) is 11.3 Å². The molecule has 0 aromatic carbocycles. The molecule has 110 valence electrons. The second kappa shape index (κ2) is 5.69. The lowest BCUT2D eigenvalue weighted by Crippen LogP contribution is -2.30. The molecule has 3 rings (SSSR count). The number of rotatable bonds is 5. The van der Waals surface area contributed by atoms with Crippen LogP contribution in [0.15, 0.2) is 17.5 Å². The minimum Gasteiger partial charge on any atom is -0.389 e. The molecule has 4 nitrogen and oxygen atoms in total. The van der Waals surface area contributed by atoms with Gasteiger partial charge in [0, 0.05) is 10.9 Å². The van der Waals surface area contributed by atoms with Crippen LogP contribution < -0.4 is 10.6 Å². The molecule has 0 saturated heterocycles. The van der Waals surface area contributed by atoms with Crippen LogP contribution in [0.3, 0.4) is 0 Å². The quantitative estimate of drug-likeness (QED) is 0.859. The minimum absolute atomic E-state index is 0.400. The van der Waals surface area contributed by atoms with Crippen molar-refractivity contribution in [2.24, 2.45) is 5.73 Å². The molecule has 2 aromatic rings. The van der Waals surface area contributed by atoms with E-state index in [-0.39, 0.29) is 0 Å². The Kier molecular flexibility index (Phi) is 3.91. The highest BCUT2D eigenvalue weighted by atomic mass is 32.1. The Balaban J connectivity index is 2.03. The Morgan fingerprint density at radius 2 is 2.19 bits per heavy atom. The van der Waals surface area contributed by atoms with E-state index >= 15 is 0 Å². The topological polar surface area (TPSA) is 55.0 Å². The van der Waals surface area contributed by atoms with Crippen LogP contribution in [-0.4, -0.2) is 21.2 Å². The van der Waals surface area contributed by atoms with Crippen LogP contribution >= 0.6 is 23.6 Å². The summed E-state index contributed by atoms with van der Waals surface area (Å²) in [5.74, 6) is 0.835. The maximum Gasteiger partial charge on any atom is 0.162 e. The first-order valence-electron chi connectivity index (χ1n) is 7.00. The monoisotopic (exact) mass is 318 g/mol. The molecule has 21 heavy (non-hydrogen) atoms. The van der Waals surface area contributed by atoms with Crippen molar-refractivity contribution in [3.8, 4) is 0 Å². The van der Waals surface area contributed by atoms with E-state index in [9.17, 15) is 0 Å². The van der Waals surface area contributed by atoms with Crippen LogP contribution in [0.2, 0.25) is 0 Å². The van der Waals surface area contributed by atoms with Crippen LogP contribution in [-0.2, 0) is 6.54 Å². The lowest BCUT2D eigenvalue weighted by Gasteiger charge is -2.25. The molecular formula is C15H18N4S2. The molecule has 6 heteroatoms. The van der Waals surface area contributed by atoms with Gasteiger partial charge < -0.3 is 10.6 Å². The molecular weight excluding hydrogens is 300 g/mol. The van der Waals surface area contributed by atoms with E-state index in [4.69, 9.17) is 18.0 Å². The number of nitrogens with zero attached hydrogens (tertiary/aromatic N) is 3. The summed E-state index contributed by atoms with van der Waals surface area (Å²) in [7, 11) is 0. The van der Waals surface area contributed by atoms with Gasteiger partial charge in [-0.15, -0.1) is 16.4 Å². The summed E-state index contributed by atoms with van der Waals surface area (Å²) in [5, 5.41) is 10.8. The van der Waals surface area contributed by atoms with Gasteiger partial charge in [0.25, 0.3) is 0 Å². The third-order valence-electron chi connectivity index (χ3n) is 3.85. The van der Waals surface area contributed by atoms with Crippen molar-refractivity contribution in [1.82, 2.24) is 10.2 Å². The smallest absolute Gasteiger partial charge is 0.162 e. The van der Waals surface area contributed by atoms with Crippen molar-refractivity contribution in [3.05, 3.63) is 39.2 Å². The Labute approximate surface area is 134 Å². The van der Waals surface area contributed by atoms with Crippen molar-refractivity contribution in [2.45, 2.75) is 39.3 Å². The van der Waals surface area contributed by atoms with Crippen LogP contribution in [0.5, 0.6) is 0 Å². The Hall–Kier alpha value is -1.53. The molecule has 2 heterocycles. The van der Waals surface area contributed by atoms with E-state index in [1.807, 2.05) is 13.8 Å². The van der Waals surface area contributed by atoms with Gasteiger partial charge in [0.1, 0.15) is 4.99 Å². The van der Waals surface area contributed by atoms with E-state index in [0.717, 1.165) is 29.2 Å². The zero-order valence-corrected chi connectivity index (χ0v) is 13.8. The number of aromatic nitrogens is 2. The molecule has 0 amide bonds. The molecule has 2 N–H and O–H groups in total. The van der Waals surface area contributed by atoms with Gasteiger partial charge >= 0.3 is 0 Å². The fraction of sp³-hybridized carbons (Fsp3) is 0.400. The second-order valence-corrected chi connectivity index (χ2v) is 6.88. The standard InChI is InChI=1S/C15H18N4S2/c1-9-10(2)17-18-15(13(9)14(16)20)19(11-5-6-11)8-12-4-3-7-21-12/h3-4,7,11H,5-6,8H2,1-2H3,(H2,16,20). The number of hydrogen-bond acceptors (Lipinski definition) is 5. The summed E-state index contributed by atoms with van der Waals surface area (Å²) in [4.78, 5) is 4.02. The van der Waals surface area contributed by atoms with Crippen LogP contribution in [0.4, 0.5) is 5.82 Å². The summed E-state index contributed by atoms with van der Waals surface area (Å²) in [5.41, 5.74) is 8.75. The molecule has 1 fully saturated rings. The molecule has 1 aliphatic rings. The second-order valence-electron chi connectivity index (χ2n) is 5.41. The van der Waals surface area contributed by atoms with Gasteiger partial charge in [-0.2, -0.15) is 5.10 Å². The fourth-order valence-corrected chi connectivity index (χ4v) is 3.37. The van der Waals surface area contributed by atoms with Crippen molar-refractivity contribution >= 4 is 34.4 Å². The molecule has 0 bridgehead atoms. The third kappa shape index (κ3) is 2.91. The van der Waals surface area contributed by atoms with Gasteiger partial charge in [-0.05, 0) is 43.7 Å². The number of thiophene rings is 1. The molecule has 0 atom stereocenters. The van der Waals surface area contributed by atoms with E-state index < -0.39 is 0 Å². The van der Waals surface area contributed by atoms with E-state index in [1.165, 1.54) is 17.7 Å². The van der Waals surface area contributed by atoms with Crippen molar-refractivity contribution < 1.29 is 0 Å². The third-order valence-corrected chi connectivity index (χ3v) is 4.91. The average Bonchev–Trinajstić information content (AvgIpc) is 3.16. The predicted octanol–water partition coefficient (Wildman–Crippen LogP) is 2.96. The lowest BCUT2D eigenvalue weighted by molar-refractivity contribution is 0.764. The highest BCUT2D eigenvalue weighted by molar-refractivity contribution is 7.80. The molecule has 1 aliphatic carbocycles. The molecule has 1 saturated carbocycles. The van der Waals surface area contributed by atoms with Crippen molar-refractivity contribution in [2.75, 3.05) is 4.90 Å². The highest BCUT2D eigenvalue weighted by Crippen LogP contribution is 2.35. The number of hydrogen-bond donors (Lipinski definition) is 1. The highest BCUT2D eigenvalue weighted by Gasteiger charge is 2.33. The molecule has 0 spiro atoms. The average molecular weight is 318 g/mol. The van der Waals surface area contributed by atoms with Gasteiger partial charge in [-0.25, -0.2) is 0 Å². The maximum absolute atomic E-state index is 5.96. The van der Waals surface area contributed by atoms with Crippen LogP contribution in [0.25, 0.3) is 0 Å². The zero-order chi connectivity index (χ0) is 15.0. The predicted molar refractivity (Wildman–Crippen MR) is 90.9 cm³/mol. The van der Waals surface area contributed by atoms with Gasteiger partial charge in [-0.1, -0.05) is 18.3 Å². The van der Waals surface area contributed by atoms with Gasteiger partial charge in [-0.3, -0.25) is 0 Å². The lowest BCUT2D eigenvalue weighted by atomic mass is 10.1. The van der Waals surface area contributed by atoms with E-state index in [2.05, 4.69) is 32.6 Å². The number of nitrogens with two attached hydrogens (primary N) is 1. The molecule has 0 radical (unpaired) electrons. The number of aryl methyl sites for hydroxylation is 1. The Morgan fingerprint density at radius 3 is 2.76 bits per heavy atom. The Morgan fingerprint density at radius 1 is 1.43 bits per heavy atom. The largest absolute Gasteiger partial charge is 0.389 e. The number of anilines is 1. The summed E-state index contributed by atoms with van der Waals surface area (Å²) < 4.78 is 0. The Bertz CT molecular complexity index is 663. The summed E-state index contributed by atoms with van der Waals surface area (Å²) in [6, 6.07) is 4.75. The van der Waals surface area contributed by atoms with Crippen molar-refractivity contribution in [1.29, 1.82) is 0 Å². The fourth-order valence-electron chi connectivity index (χ4n) is 2.43. The first-order chi connectivity index (χ1) is 10.1. The minimum atomic E-state index is 0.400. The maximum atomic E-state index is 5.96. The van der Waals surface area contributed by atoms with Crippen LogP contribution in [0, 0.1) is 13.8 Å². The SMILES string of the molecule is Cc1nnc(N(Cc2cccs2)C2CC2)c(C(N)=S)c1C. The first kappa shape index (κ1) is 14.4. The molecule has 2 aromatic heterocycles. The van der Waals surface area contributed by atoms with E-state index in [0.29, 0.717) is 11.0 Å².